The number of benzene rings is 1. The lowest BCUT2D eigenvalue weighted by Gasteiger charge is -1.92. The smallest absolute Gasteiger partial charge is 0.304 e. The van der Waals surface area contributed by atoms with Gasteiger partial charge in [0, 0.05) is 11.4 Å². The maximum absolute atomic E-state index is 10.3. The minimum absolute atomic E-state index is 0.129. The molecule has 0 aliphatic heterocycles. The summed E-state index contributed by atoms with van der Waals surface area (Å²) in [5.74, 6) is -0.294. The van der Waals surface area contributed by atoms with Crippen molar-refractivity contribution in [3.63, 3.8) is 0 Å². The molecule has 5 nitrogen and oxygen atoms in total. The van der Waals surface area contributed by atoms with Gasteiger partial charge in [-0.25, -0.2) is 4.98 Å². The van der Waals surface area contributed by atoms with Crippen molar-refractivity contribution in [2.45, 2.75) is 11.6 Å². The van der Waals surface area contributed by atoms with Crippen LogP contribution in [0.4, 0.5) is 5.69 Å². The van der Waals surface area contributed by atoms with Gasteiger partial charge in [-0.05, 0) is 18.2 Å². The Morgan fingerprint density at radius 3 is 3.12 bits per heavy atom. The van der Waals surface area contributed by atoms with Crippen molar-refractivity contribution in [2.24, 2.45) is 0 Å². The summed E-state index contributed by atoms with van der Waals surface area (Å²) >= 11 is 1.39. The zero-order valence-corrected chi connectivity index (χ0v) is 9.25. The number of carboxylic acid groups (broad SMARTS) is 1. The quantitative estimate of drug-likeness (QED) is 0.556. The molecule has 0 amide bonds. The molecule has 0 fully saturated rings. The first-order chi connectivity index (χ1) is 7.65. The van der Waals surface area contributed by atoms with Crippen LogP contribution >= 0.6 is 11.8 Å². The molecule has 0 atom stereocenters. The van der Waals surface area contributed by atoms with E-state index in [-0.39, 0.29) is 6.42 Å². The van der Waals surface area contributed by atoms with Crippen LogP contribution in [0, 0.1) is 0 Å². The van der Waals surface area contributed by atoms with E-state index < -0.39 is 5.97 Å². The average molecular weight is 237 g/mol. The maximum Gasteiger partial charge on any atom is 0.304 e. The molecule has 84 valence electrons. The van der Waals surface area contributed by atoms with E-state index in [1.165, 1.54) is 11.8 Å². The van der Waals surface area contributed by atoms with Crippen LogP contribution in [0.2, 0.25) is 0 Å². The van der Waals surface area contributed by atoms with Gasteiger partial charge in [0.25, 0.3) is 0 Å². The molecular formula is C10H11N3O2S. The van der Waals surface area contributed by atoms with Gasteiger partial charge in [0.1, 0.15) is 0 Å². The van der Waals surface area contributed by atoms with Crippen LogP contribution in [0.15, 0.2) is 23.4 Å². The average Bonchev–Trinajstić information content (AvgIpc) is 2.58. The van der Waals surface area contributed by atoms with Crippen LogP contribution in [-0.2, 0) is 4.79 Å². The highest BCUT2D eigenvalue weighted by Crippen LogP contribution is 2.21. The number of aromatic nitrogens is 2. The largest absolute Gasteiger partial charge is 0.481 e. The number of thioether (sulfide) groups is 1. The van der Waals surface area contributed by atoms with E-state index in [0.717, 1.165) is 16.2 Å². The maximum atomic E-state index is 10.3. The first kappa shape index (κ1) is 10.8. The first-order valence-electron chi connectivity index (χ1n) is 4.75. The van der Waals surface area contributed by atoms with E-state index in [2.05, 4.69) is 9.97 Å². The Hall–Kier alpha value is -1.69. The third-order valence-electron chi connectivity index (χ3n) is 2.04. The van der Waals surface area contributed by atoms with E-state index in [4.69, 9.17) is 10.8 Å². The fraction of sp³-hybridized carbons (Fsp3) is 0.200. The van der Waals surface area contributed by atoms with Crippen molar-refractivity contribution in [1.82, 2.24) is 9.97 Å². The lowest BCUT2D eigenvalue weighted by molar-refractivity contribution is -0.136. The zero-order chi connectivity index (χ0) is 11.5. The molecule has 0 saturated carbocycles. The van der Waals surface area contributed by atoms with Gasteiger partial charge in [0.15, 0.2) is 5.16 Å². The number of hydrogen-bond acceptors (Lipinski definition) is 4. The fourth-order valence-electron chi connectivity index (χ4n) is 1.31. The van der Waals surface area contributed by atoms with Crippen molar-refractivity contribution in [2.75, 3.05) is 11.5 Å². The first-order valence-corrected chi connectivity index (χ1v) is 5.73. The van der Waals surface area contributed by atoms with E-state index in [1.807, 2.05) is 12.1 Å². The number of H-pyrrole nitrogens is 1. The number of rotatable bonds is 4. The number of carboxylic acids is 1. The summed E-state index contributed by atoms with van der Waals surface area (Å²) < 4.78 is 0. The zero-order valence-electron chi connectivity index (χ0n) is 8.43. The second-order valence-corrected chi connectivity index (χ2v) is 4.39. The van der Waals surface area contributed by atoms with Crippen LogP contribution in [-0.4, -0.2) is 26.8 Å². The van der Waals surface area contributed by atoms with Crippen LogP contribution in [0.3, 0.4) is 0 Å². The number of nitrogen functional groups attached to an aromatic ring is 1. The summed E-state index contributed by atoms with van der Waals surface area (Å²) in [4.78, 5) is 17.7. The predicted octanol–water partition coefficient (Wildman–Crippen LogP) is 1.71. The van der Waals surface area contributed by atoms with Gasteiger partial charge in [-0.3, -0.25) is 4.79 Å². The number of aliphatic carboxylic acids is 1. The Morgan fingerprint density at radius 2 is 2.38 bits per heavy atom. The lowest BCUT2D eigenvalue weighted by atomic mass is 10.3. The molecule has 0 aliphatic carbocycles. The minimum atomic E-state index is -0.798. The molecule has 0 bridgehead atoms. The second-order valence-electron chi connectivity index (χ2n) is 3.31. The highest BCUT2D eigenvalue weighted by Gasteiger charge is 2.04. The third kappa shape index (κ3) is 2.46. The van der Waals surface area contributed by atoms with E-state index in [1.54, 1.807) is 6.07 Å². The van der Waals surface area contributed by atoms with Gasteiger partial charge in [0.2, 0.25) is 0 Å². The highest BCUT2D eigenvalue weighted by atomic mass is 32.2. The van der Waals surface area contributed by atoms with Crippen molar-refractivity contribution in [3.05, 3.63) is 18.2 Å². The van der Waals surface area contributed by atoms with Gasteiger partial charge in [0.05, 0.1) is 17.5 Å². The summed E-state index contributed by atoms with van der Waals surface area (Å²) in [7, 11) is 0. The van der Waals surface area contributed by atoms with Gasteiger partial charge in [-0.1, -0.05) is 11.8 Å². The van der Waals surface area contributed by atoms with Gasteiger partial charge in [-0.15, -0.1) is 0 Å². The number of aromatic amines is 1. The van der Waals surface area contributed by atoms with E-state index in [9.17, 15) is 4.79 Å². The second kappa shape index (κ2) is 4.44. The summed E-state index contributed by atoms with van der Waals surface area (Å²) in [6.45, 7) is 0. The molecule has 6 heteroatoms. The number of carbonyl (C=O) groups is 1. The molecule has 0 spiro atoms. The molecule has 0 saturated heterocycles. The number of nitrogens with zero attached hydrogens (tertiary/aromatic N) is 1. The molecular weight excluding hydrogens is 226 g/mol. The number of anilines is 1. The van der Waals surface area contributed by atoms with Crippen molar-refractivity contribution in [1.29, 1.82) is 0 Å². The molecule has 0 unspecified atom stereocenters. The number of fused-ring (bicyclic) bond motifs is 1. The van der Waals surface area contributed by atoms with Gasteiger partial charge >= 0.3 is 5.97 Å². The normalized spacial score (nSPS) is 10.8. The number of nitrogens with two attached hydrogens (primary N) is 1. The van der Waals surface area contributed by atoms with Crippen molar-refractivity contribution < 1.29 is 9.90 Å². The SMILES string of the molecule is Nc1ccc2nc(SCCC(=O)O)[nH]c2c1. The topological polar surface area (TPSA) is 92.0 Å². The van der Waals surface area contributed by atoms with Crippen LogP contribution in [0.25, 0.3) is 11.0 Å². The third-order valence-corrected chi connectivity index (χ3v) is 2.91. The Labute approximate surface area is 96.1 Å². The van der Waals surface area contributed by atoms with Crippen LogP contribution in [0.5, 0.6) is 0 Å². The van der Waals surface area contributed by atoms with Gasteiger partial charge in [-0.2, -0.15) is 0 Å². The monoisotopic (exact) mass is 237 g/mol. The molecule has 1 heterocycles. The molecule has 1 aromatic heterocycles. The summed E-state index contributed by atoms with van der Waals surface area (Å²) in [5.41, 5.74) is 8.03. The van der Waals surface area contributed by atoms with Crippen molar-refractivity contribution in [3.8, 4) is 0 Å². The van der Waals surface area contributed by atoms with E-state index in [0.29, 0.717) is 11.4 Å². The molecule has 4 N–H and O–H groups in total. The van der Waals surface area contributed by atoms with Gasteiger partial charge < -0.3 is 15.8 Å². The molecule has 1 aromatic carbocycles. The molecule has 2 aromatic rings. The fourth-order valence-corrected chi connectivity index (χ4v) is 2.12. The molecule has 0 radical (unpaired) electrons. The number of hydrogen-bond donors (Lipinski definition) is 3. The van der Waals surface area contributed by atoms with Crippen molar-refractivity contribution >= 4 is 34.5 Å². The van der Waals surface area contributed by atoms with Crippen LogP contribution in [0.1, 0.15) is 6.42 Å². The summed E-state index contributed by atoms with van der Waals surface area (Å²) in [5, 5.41) is 9.23. The molecule has 0 aliphatic rings. The summed E-state index contributed by atoms with van der Waals surface area (Å²) in [6, 6.07) is 5.43. The number of nitrogens with one attached hydrogen (secondary N) is 1. The Morgan fingerprint density at radius 1 is 1.56 bits per heavy atom. The Balaban J connectivity index is 2.10. The lowest BCUT2D eigenvalue weighted by Crippen LogP contribution is -1.95. The predicted molar refractivity (Wildman–Crippen MR) is 63.5 cm³/mol. The minimum Gasteiger partial charge on any atom is -0.481 e. The van der Waals surface area contributed by atoms with E-state index >= 15 is 0 Å². The standard InChI is InChI=1S/C10H11N3O2S/c11-6-1-2-7-8(5-6)13-10(12-7)16-4-3-9(14)15/h1-2,5H,3-4,11H2,(H,12,13)(H,14,15). The molecule has 2 rings (SSSR count). The van der Waals surface area contributed by atoms with Crippen LogP contribution < -0.4 is 5.73 Å². The number of imidazole rings is 1. The Kier molecular flexibility index (Phi) is 3.00. The Bertz CT molecular complexity index is 524. The molecule has 16 heavy (non-hydrogen) atoms. The highest BCUT2D eigenvalue weighted by molar-refractivity contribution is 7.99. The summed E-state index contributed by atoms with van der Waals surface area (Å²) in [6.07, 6.45) is 0.129.